The molecule has 1 saturated heterocycles. The summed E-state index contributed by atoms with van der Waals surface area (Å²) >= 11 is 5.74. The van der Waals surface area contributed by atoms with Crippen LogP contribution in [0.5, 0.6) is 0 Å². The zero-order valence-electron chi connectivity index (χ0n) is 16.5. The molecule has 0 aliphatic carbocycles. The number of thiocarbonyl (C=S) groups is 1. The molecule has 5 heteroatoms. The number of pyridine rings is 1. The minimum atomic E-state index is 0.0200. The molecule has 3 heterocycles. The number of hydrogen-bond acceptors (Lipinski definition) is 2. The van der Waals surface area contributed by atoms with Gasteiger partial charge in [0.05, 0.1) is 17.8 Å². The van der Waals surface area contributed by atoms with Crippen molar-refractivity contribution in [3.8, 4) is 5.69 Å². The van der Waals surface area contributed by atoms with Crippen molar-refractivity contribution >= 4 is 17.3 Å². The molecule has 0 saturated carbocycles. The fourth-order valence-corrected chi connectivity index (χ4v) is 4.21. The number of nitrogens with zero attached hydrogens (tertiary/aromatic N) is 3. The zero-order valence-corrected chi connectivity index (χ0v) is 17.4. The van der Waals surface area contributed by atoms with Gasteiger partial charge in [-0.15, -0.1) is 0 Å². The lowest BCUT2D eigenvalue weighted by atomic mass is 10.0. The molecule has 0 amide bonds. The highest BCUT2D eigenvalue weighted by Gasteiger charge is 2.41. The van der Waals surface area contributed by atoms with E-state index in [0.29, 0.717) is 5.92 Å². The van der Waals surface area contributed by atoms with Crippen LogP contribution >= 0.6 is 12.2 Å². The first-order valence-electron chi connectivity index (χ1n) is 9.77. The molecule has 0 bridgehead atoms. The average molecular weight is 391 g/mol. The molecule has 2 aromatic heterocycles. The smallest absolute Gasteiger partial charge is 0.170 e. The Kier molecular flexibility index (Phi) is 5.18. The number of hydrogen-bond donors (Lipinski definition) is 1. The number of aromatic nitrogens is 2. The van der Waals surface area contributed by atoms with Crippen LogP contribution in [0, 0.1) is 12.8 Å². The summed E-state index contributed by atoms with van der Waals surface area (Å²) in [6.45, 7) is 7.47. The number of aryl methyl sites for hydroxylation is 1. The van der Waals surface area contributed by atoms with Crippen LogP contribution in [0.2, 0.25) is 0 Å². The van der Waals surface area contributed by atoms with E-state index in [2.05, 4.69) is 89.2 Å². The van der Waals surface area contributed by atoms with Gasteiger partial charge >= 0.3 is 0 Å². The van der Waals surface area contributed by atoms with Crippen molar-refractivity contribution in [3.05, 3.63) is 83.9 Å². The second-order valence-electron chi connectivity index (χ2n) is 7.81. The van der Waals surface area contributed by atoms with Gasteiger partial charge in [0.25, 0.3) is 0 Å². The third kappa shape index (κ3) is 3.54. The van der Waals surface area contributed by atoms with Crippen LogP contribution in [-0.4, -0.2) is 26.1 Å². The maximum atomic E-state index is 5.74. The van der Waals surface area contributed by atoms with Crippen molar-refractivity contribution in [2.24, 2.45) is 5.92 Å². The predicted molar refractivity (Wildman–Crippen MR) is 118 cm³/mol. The Morgan fingerprint density at radius 3 is 2.54 bits per heavy atom. The topological polar surface area (TPSA) is 33.1 Å². The van der Waals surface area contributed by atoms with Crippen LogP contribution in [0.3, 0.4) is 0 Å². The summed E-state index contributed by atoms with van der Waals surface area (Å²) in [5, 5.41) is 4.33. The van der Waals surface area contributed by atoms with E-state index in [1.807, 2.05) is 18.3 Å². The van der Waals surface area contributed by atoms with Crippen molar-refractivity contribution in [2.45, 2.75) is 32.9 Å². The van der Waals surface area contributed by atoms with Gasteiger partial charge in [-0.2, -0.15) is 0 Å². The van der Waals surface area contributed by atoms with Gasteiger partial charge in [0.1, 0.15) is 0 Å². The second kappa shape index (κ2) is 7.76. The van der Waals surface area contributed by atoms with Crippen LogP contribution in [-0.2, 0) is 0 Å². The Bertz CT molecular complexity index is 946. The van der Waals surface area contributed by atoms with E-state index in [-0.39, 0.29) is 12.1 Å². The molecule has 144 valence electrons. The maximum absolute atomic E-state index is 5.74. The predicted octanol–water partition coefficient (Wildman–Crippen LogP) is 4.81. The Morgan fingerprint density at radius 1 is 1.07 bits per heavy atom. The first-order valence-corrected chi connectivity index (χ1v) is 10.2. The Morgan fingerprint density at radius 2 is 1.86 bits per heavy atom. The third-order valence-electron chi connectivity index (χ3n) is 5.16. The monoisotopic (exact) mass is 390 g/mol. The fourth-order valence-electron chi connectivity index (χ4n) is 3.89. The quantitative estimate of drug-likeness (QED) is 0.634. The lowest BCUT2D eigenvalue weighted by molar-refractivity contribution is 0.280. The summed E-state index contributed by atoms with van der Waals surface area (Å²) < 4.78 is 2.27. The van der Waals surface area contributed by atoms with Gasteiger partial charge in [-0.05, 0) is 61.5 Å². The van der Waals surface area contributed by atoms with Gasteiger partial charge in [-0.3, -0.25) is 4.98 Å². The van der Waals surface area contributed by atoms with Crippen LogP contribution in [0.1, 0.15) is 42.9 Å². The first kappa shape index (κ1) is 18.7. The average Bonchev–Trinajstić information content (AvgIpc) is 3.28. The molecule has 0 radical (unpaired) electrons. The first-order chi connectivity index (χ1) is 13.5. The minimum Gasteiger partial charge on any atom is -0.352 e. The molecular weight excluding hydrogens is 364 g/mol. The summed E-state index contributed by atoms with van der Waals surface area (Å²) in [6, 6.07) is 19.1. The van der Waals surface area contributed by atoms with E-state index in [9.17, 15) is 0 Å². The van der Waals surface area contributed by atoms with Crippen molar-refractivity contribution < 1.29 is 0 Å². The largest absolute Gasteiger partial charge is 0.352 e. The van der Waals surface area contributed by atoms with E-state index >= 15 is 0 Å². The van der Waals surface area contributed by atoms with Crippen molar-refractivity contribution in [1.82, 2.24) is 19.8 Å². The van der Waals surface area contributed by atoms with E-state index < -0.39 is 0 Å². The van der Waals surface area contributed by atoms with Crippen LogP contribution in [0.4, 0.5) is 0 Å². The van der Waals surface area contributed by atoms with Gasteiger partial charge in [0, 0.05) is 30.3 Å². The minimum absolute atomic E-state index is 0.0200. The molecule has 1 aromatic carbocycles. The molecule has 4 nitrogen and oxygen atoms in total. The van der Waals surface area contributed by atoms with Gasteiger partial charge < -0.3 is 14.8 Å². The summed E-state index contributed by atoms with van der Waals surface area (Å²) in [5.41, 5.74) is 4.65. The lowest BCUT2D eigenvalue weighted by Crippen LogP contribution is -2.33. The highest BCUT2D eigenvalue weighted by Crippen LogP contribution is 2.39. The molecule has 3 aromatic rings. The molecular formula is C23H26N4S. The van der Waals surface area contributed by atoms with E-state index in [1.54, 1.807) is 0 Å². The summed E-state index contributed by atoms with van der Waals surface area (Å²) in [4.78, 5) is 6.94. The standard InChI is InChI=1S/C23H26N4S/c1-16(2)15-27-22(21(25-23(27)28)19-7-4-5-13-24-19)20-8-6-14-26(20)18-11-9-17(3)10-12-18/h4-14,16,21-22H,15H2,1-3H3,(H,25,28). The summed E-state index contributed by atoms with van der Waals surface area (Å²) in [5.74, 6) is 0.507. The molecule has 1 N–H and O–H groups in total. The van der Waals surface area contributed by atoms with E-state index in [4.69, 9.17) is 12.2 Å². The Hall–Kier alpha value is -2.66. The molecule has 2 unspecified atom stereocenters. The number of rotatable bonds is 5. The van der Waals surface area contributed by atoms with Gasteiger partial charge in [0.2, 0.25) is 0 Å². The number of nitrogens with one attached hydrogen (secondary N) is 1. The van der Waals surface area contributed by atoms with Gasteiger partial charge in [0.15, 0.2) is 5.11 Å². The Balaban J connectivity index is 1.80. The zero-order chi connectivity index (χ0) is 19.7. The summed E-state index contributed by atoms with van der Waals surface area (Å²) in [6.07, 6.45) is 3.98. The molecule has 0 spiro atoms. The highest BCUT2D eigenvalue weighted by molar-refractivity contribution is 7.80. The molecule has 1 fully saturated rings. The van der Waals surface area contributed by atoms with E-state index in [0.717, 1.165) is 23.0 Å². The van der Waals surface area contributed by atoms with Gasteiger partial charge in [-0.1, -0.05) is 37.6 Å². The fraction of sp³-hybridized carbons (Fsp3) is 0.304. The van der Waals surface area contributed by atoms with E-state index in [1.165, 1.54) is 11.3 Å². The highest BCUT2D eigenvalue weighted by atomic mass is 32.1. The molecule has 28 heavy (non-hydrogen) atoms. The second-order valence-corrected chi connectivity index (χ2v) is 8.20. The van der Waals surface area contributed by atoms with Crippen LogP contribution < -0.4 is 5.32 Å². The SMILES string of the molecule is Cc1ccc(-n2cccc2C2C(c3ccccn3)NC(=S)N2CC(C)C)cc1. The summed E-state index contributed by atoms with van der Waals surface area (Å²) in [7, 11) is 0. The third-order valence-corrected chi connectivity index (χ3v) is 5.51. The van der Waals surface area contributed by atoms with Crippen LogP contribution in [0.25, 0.3) is 5.69 Å². The van der Waals surface area contributed by atoms with Crippen LogP contribution in [0.15, 0.2) is 67.0 Å². The molecule has 1 aliphatic rings. The van der Waals surface area contributed by atoms with Crippen molar-refractivity contribution in [2.75, 3.05) is 6.54 Å². The lowest BCUT2D eigenvalue weighted by Gasteiger charge is -2.30. The van der Waals surface area contributed by atoms with Crippen molar-refractivity contribution in [1.29, 1.82) is 0 Å². The normalized spacial score (nSPS) is 19.3. The molecule has 1 aliphatic heterocycles. The molecule has 4 rings (SSSR count). The maximum Gasteiger partial charge on any atom is 0.170 e. The number of benzene rings is 1. The molecule has 2 atom stereocenters. The Labute approximate surface area is 172 Å². The van der Waals surface area contributed by atoms with Gasteiger partial charge in [-0.25, -0.2) is 0 Å². The van der Waals surface area contributed by atoms with Crippen molar-refractivity contribution in [3.63, 3.8) is 0 Å².